The van der Waals surface area contributed by atoms with Crippen LogP contribution < -0.4 is 5.32 Å². The number of carbonyl (C=O) groups excluding carboxylic acids is 1. The summed E-state index contributed by atoms with van der Waals surface area (Å²) in [5.41, 5.74) is 0. The topological polar surface area (TPSA) is 32.3 Å². The van der Waals surface area contributed by atoms with Gasteiger partial charge in [-0.25, -0.2) is 0 Å². The van der Waals surface area contributed by atoms with Crippen molar-refractivity contribution in [3.63, 3.8) is 0 Å². The second-order valence-corrected chi connectivity index (χ2v) is 6.19. The molecule has 19 heavy (non-hydrogen) atoms. The lowest BCUT2D eigenvalue weighted by Crippen LogP contribution is -2.48. The molecular weight excluding hydrogens is 236 g/mol. The lowest BCUT2D eigenvalue weighted by molar-refractivity contribution is -0.137. The van der Waals surface area contributed by atoms with Crippen molar-refractivity contribution in [2.75, 3.05) is 13.1 Å². The third-order valence-electron chi connectivity index (χ3n) is 4.89. The zero-order chi connectivity index (χ0) is 13.7. The lowest BCUT2D eigenvalue weighted by atomic mass is 9.96. The summed E-state index contributed by atoms with van der Waals surface area (Å²) in [7, 11) is 0. The maximum absolute atomic E-state index is 12.7. The third kappa shape index (κ3) is 3.50. The van der Waals surface area contributed by atoms with Gasteiger partial charge in [-0.1, -0.05) is 26.7 Å². The third-order valence-corrected chi connectivity index (χ3v) is 4.89. The molecule has 3 atom stereocenters. The van der Waals surface area contributed by atoms with Gasteiger partial charge in [-0.05, 0) is 45.1 Å². The Morgan fingerprint density at radius 2 is 2.16 bits per heavy atom. The zero-order valence-corrected chi connectivity index (χ0v) is 12.7. The van der Waals surface area contributed by atoms with Gasteiger partial charge in [0, 0.05) is 24.5 Å². The van der Waals surface area contributed by atoms with E-state index in [-0.39, 0.29) is 5.92 Å². The van der Waals surface area contributed by atoms with Crippen molar-refractivity contribution < 1.29 is 4.79 Å². The summed E-state index contributed by atoms with van der Waals surface area (Å²) < 4.78 is 0. The highest BCUT2D eigenvalue weighted by Crippen LogP contribution is 2.28. The molecule has 0 aliphatic carbocycles. The number of rotatable bonds is 6. The summed E-state index contributed by atoms with van der Waals surface area (Å²) in [6.07, 6.45) is 9.37. The van der Waals surface area contributed by atoms with Gasteiger partial charge in [0.05, 0.1) is 0 Å². The van der Waals surface area contributed by atoms with Crippen LogP contribution in [0.5, 0.6) is 0 Å². The molecule has 2 saturated heterocycles. The molecule has 110 valence electrons. The van der Waals surface area contributed by atoms with Crippen LogP contribution in [0.15, 0.2) is 0 Å². The highest BCUT2D eigenvalue weighted by molar-refractivity contribution is 5.79. The summed E-state index contributed by atoms with van der Waals surface area (Å²) in [4.78, 5) is 15.0. The maximum Gasteiger partial charge on any atom is 0.225 e. The minimum Gasteiger partial charge on any atom is -0.338 e. The van der Waals surface area contributed by atoms with Gasteiger partial charge in [0.2, 0.25) is 5.91 Å². The van der Waals surface area contributed by atoms with Crippen LogP contribution >= 0.6 is 0 Å². The molecule has 0 radical (unpaired) electrons. The standard InChI is InChI=1S/C16H30N2O/c1-3-5-8-13(4-2)16(19)18-12-7-10-15(18)14-9-6-11-17-14/h13-15,17H,3-12H2,1-2H3. The van der Waals surface area contributed by atoms with E-state index in [4.69, 9.17) is 0 Å². The van der Waals surface area contributed by atoms with Crippen LogP contribution in [0.4, 0.5) is 0 Å². The molecule has 2 fully saturated rings. The van der Waals surface area contributed by atoms with Crippen LogP contribution in [0.1, 0.15) is 65.2 Å². The van der Waals surface area contributed by atoms with Gasteiger partial charge in [-0.2, -0.15) is 0 Å². The van der Waals surface area contributed by atoms with E-state index in [9.17, 15) is 4.79 Å². The molecule has 3 unspecified atom stereocenters. The number of hydrogen-bond donors (Lipinski definition) is 1. The fourth-order valence-corrected chi connectivity index (χ4v) is 3.71. The highest BCUT2D eigenvalue weighted by Gasteiger charge is 2.37. The van der Waals surface area contributed by atoms with Crippen LogP contribution in [0, 0.1) is 5.92 Å². The summed E-state index contributed by atoms with van der Waals surface area (Å²) in [6.45, 7) is 6.50. The molecule has 0 aromatic heterocycles. The van der Waals surface area contributed by atoms with Crippen molar-refractivity contribution in [3.8, 4) is 0 Å². The fourth-order valence-electron chi connectivity index (χ4n) is 3.71. The van der Waals surface area contributed by atoms with Crippen molar-refractivity contribution in [1.29, 1.82) is 0 Å². The predicted octanol–water partition coefficient (Wildman–Crippen LogP) is 2.95. The average molecular weight is 266 g/mol. The van der Waals surface area contributed by atoms with Crippen LogP contribution in [0.2, 0.25) is 0 Å². The van der Waals surface area contributed by atoms with E-state index < -0.39 is 0 Å². The van der Waals surface area contributed by atoms with Crippen LogP contribution in [0.3, 0.4) is 0 Å². The molecule has 1 N–H and O–H groups in total. The first kappa shape index (κ1) is 14.8. The van der Waals surface area contributed by atoms with E-state index in [1.807, 2.05) is 0 Å². The molecule has 2 aliphatic heterocycles. The largest absolute Gasteiger partial charge is 0.338 e. The molecule has 0 aromatic rings. The second-order valence-electron chi connectivity index (χ2n) is 6.19. The van der Waals surface area contributed by atoms with Crippen molar-refractivity contribution in [1.82, 2.24) is 10.2 Å². The molecule has 0 aromatic carbocycles. The number of amides is 1. The zero-order valence-electron chi connectivity index (χ0n) is 12.7. The molecule has 2 heterocycles. The normalized spacial score (nSPS) is 28.8. The first-order chi connectivity index (χ1) is 9.27. The molecule has 1 amide bonds. The van der Waals surface area contributed by atoms with Gasteiger partial charge < -0.3 is 10.2 Å². The lowest BCUT2D eigenvalue weighted by Gasteiger charge is -2.32. The van der Waals surface area contributed by atoms with E-state index >= 15 is 0 Å². The number of carbonyl (C=O) groups is 1. The number of nitrogens with zero attached hydrogens (tertiary/aromatic N) is 1. The summed E-state index contributed by atoms with van der Waals surface area (Å²) in [5.74, 6) is 0.703. The van der Waals surface area contributed by atoms with Gasteiger partial charge >= 0.3 is 0 Å². The predicted molar refractivity (Wildman–Crippen MR) is 79.1 cm³/mol. The van der Waals surface area contributed by atoms with E-state index in [1.54, 1.807) is 0 Å². The Morgan fingerprint density at radius 1 is 1.32 bits per heavy atom. The smallest absolute Gasteiger partial charge is 0.225 e. The first-order valence-corrected chi connectivity index (χ1v) is 8.31. The van der Waals surface area contributed by atoms with Crippen LogP contribution in [-0.4, -0.2) is 36.0 Å². The van der Waals surface area contributed by atoms with Crippen LogP contribution in [0.25, 0.3) is 0 Å². The van der Waals surface area contributed by atoms with Gasteiger partial charge in [0.25, 0.3) is 0 Å². The Morgan fingerprint density at radius 3 is 2.79 bits per heavy atom. The van der Waals surface area contributed by atoms with Crippen molar-refractivity contribution in [2.24, 2.45) is 5.92 Å². The van der Waals surface area contributed by atoms with Crippen LogP contribution in [-0.2, 0) is 4.79 Å². The number of hydrogen-bond acceptors (Lipinski definition) is 2. The van der Waals surface area contributed by atoms with Gasteiger partial charge in [0.15, 0.2) is 0 Å². The molecule has 0 spiro atoms. The number of nitrogens with one attached hydrogen (secondary N) is 1. The summed E-state index contributed by atoms with van der Waals surface area (Å²) in [6, 6.07) is 1.04. The highest BCUT2D eigenvalue weighted by atomic mass is 16.2. The van der Waals surface area contributed by atoms with Gasteiger partial charge in [0.1, 0.15) is 0 Å². The van der Waals surface area contributed by atoms with Crippen molar-refractivity contribution in [3.05, 3.63) is 0 Å². The first-order valence-electron chi connectivity index (χ1n) is 8.31. The SMILES string of the molecule is CCCCC(CC)C(=O)N1CCCC1C1CCCN1. The number of likely N-dealkylation sites (tertiary alicyclic amines) is 1. The Kier molecular flexibility index (Phi) is 5.68. The molecule has 0 bridgehead atoms. The Labute approximate surface area is 118 Å². The molecule has 0 saturated carbocycles. The maximum atomic E-state index is 12.7. The minimum atomic E-state index is 0.266. The van der Waals surface area contributed by atoms with Crippen molar-refractivity contribution >= 4 is 5.91 Å². The molecular formula is C16H30N2O. The van der Waals surface area contributed by atoms with E-state index in [2.05, 4.69) is 24.1 Å². The fraction of sp³-hybridized carbons (Fsp3) is 0.938. The molecule has 2 rings (SSSR count). The Hall–Kier alpha value is -0.570. The Bertz CT molecular complexity index is 286. The van der Waals surface area contributed by atoms with E-state index in [0.29, 0.717) is 18.0 Å². The summed E-state index contributed by atoms with van der Waals surface area (Å²) >= 11 is 0. The van der Waals surface area contributed by atoms with Gasteiger partial charge in [-0.15, -0.1) is 0 Å². The quantitative estimate of drug-likeness (QED) is 0.801. The number of unbranched alkanes of at least 4 members (excludes halogenated alkanes) is 1. The van der Waals surface area contributed by atoms with Gasteiger partial charge in [-0.3, -0.25) is 4.79 Å². The monoisotopic (exact) mass is 266 g/mol. The van der Waals surface area contributed by atoms with Crippen molar-refractivity contribution in [2.45, 2.75) is 77.3 Å². The summed E-state index contributed by atoms with van der Waals surface area (Å²) in [5, 5.41) is 3.59. The van der Waals surface area contributed by atoms with E-state index in [1.165, 1.54) is 38.5 Å². The molecule has 3 heteroatoms. The molecule has 3 nitrogen and oxygen atoms in total. The molecule has 2 aliphatic rings. The second kappa shape index (κ2) is 7.28. The van der Waals surface area contributed by atoms with E-state index in [0.717, 1.165) is 25.9 Å². The average Bonchev–Trinajstić information content (AvgIpc) is 3.09. The minimum absolute atomic E-state index is 0.266. The Balaban J connectivity index is 1.95.